The van der Waals surface area contributed by atoms with Crippen LogP contribution in [0.5, 0.6) is 0 Å². The third kappa shape index (κ3) is 1.77. The smallest absolute Gasteiger partial charge is 0.197 e. The van der Waals surface area contributed by atoms with E-state index in [1.54, 1.807) is 12.4 Å². The maximum absolute atomic E-state index is 5.98. The lowest BCUT2D eigenvalue weighted by Gasteiger charge is -2.22. The number of halogens is 1. The van der Waals surface area contributed by atoms with Gasteiger partial charge in [-0.1, -0.05) is 11.6 Å². The van der Waals surface area contributed by atoms with Crippen LogP contribution in [-0.2, 0) is 0 Å². The van der Waals surface area contributed by atoms with E-state index in [0.29, 0.717) is 0 Å². The fourth-order valence-electron chi connectivity index (χ4n) is 1.20. The molecular weight excluding hydrogens is 198 g/mol. The Morgan fingerprint density at radius 2 is 2.07 bits per heavy atom. The lowest BCUT2D eigenvalue weighted by Crippen LogP contribution is -2.24. The molecule has 72 valence electrons. The Morgan fingerprint density at radius 1 is 1.36 bits per heavy atom. The Hall–Kier alpha value is -1.35. The predicted octanol–water partition coefficient (Wildman–Crippen LogP) is 1.85. The number of hydrogen-bond donors (Lipinski definition) is 0. The van der Waals surface area contributed by atoms with Crippen LogP contribution >= 0.6 is 11.6 Å². The molecule has 3 nitrogen and oxygen atoms in total. The number of alkyl halides is 1. The van der Waals surface area contributed by atoms with Gasteiger partial charge < -0.3 is 4.90 Å². The summed E-state index contributed by atoms with van der Waals surface area (Å²) in [6.45, 7) is 0. The van der Waals surface area contributed by atoms with Gasteiger partial charge in [-0.25, -0.2) is 4.99 Å². The second kappa shape index (κ2) is 3.80. The summed E-state index contributed by atoms with van der Waals surface area (Å²) in [4.78, 5) is 10.1. The largest absolute Gasteiger partial charge is 0.347 e. The minimum absolute atomic E-state index is 0.317. The van der Waals surface area contributed by atoms with E-state index in [2.05, 4.69) is 9.98 Å². The first-order valence-electron chi connectivity index (χ1n) is 4.30. The molecule has 2 heterocycles. The first-order valence-corrected chi connectivity index (χ1v) is 4.73. The number of aromatic nitrogens is 1. The number of pyridine rings is 1. The first-order chi connectivity index (χ1) is 6.77. The number of nitrogens with zero attached hydrogens (tertiary/aromatic N) is 3. The topological polar surface area (TPSA) is 28.5 Å². The average Bonchev–Trinajstić information content (AvgIpc) is 2.23. The second-order valence-electron chi connectivity index (χ2n) is 3.04. The van der Waals surface area contributed by atoms with Crippen molar-refractivity contribution in [1.29, 1.82) is 0 Å². The van der Waals surface area contributed by atoms with Gasteiger partial charge in [0.25, 0.3) is 0 Å². The third-order valence-corrected chi connectivity index (χ3v) is 2.43. The van der Waals surface area contributed by atoms with Gasteiger partial charge in [-0.05, 0) is 18.2 Å². The van der Waals surface area contributed by atoms with Crippen molar-refractivity contribution in [2.24, 2.45) is 4.99 Å². The molecule has 0 spiro atoms. The molecule has 0 saturated carbocycles. The summed E-state index contributed by atoms with van der Waals surface area (Å²) in [7, 11) is 1.89. The molecule has 1 aromatic heterocycles. The highest BCUT2D eigenvalue weighted by Crippen LogP contribution is 2.13. The van der Waals surface area contributed by atoms with Crippen molar-refractivity contribution >= 4 is 17.3 Å². The van der Waals surface area contributed by atoms with Crippen LogP contribution in [0.4, 0.5) is 0 Å². The van der Waals surface area contributed by atoms with Crippen molar-refractivity contribution in [2.75, 3.05) is 7.05 Å². The predicted molar refractivity (Wildman–Crippen MR) is 57.3 cm³/mol. The van der Waals surface area contributed by atoms with Crippen LogP contribution in [0.3, 0.4) is 0 Å². The molecule has 1 aliphatic heterocycles. The van der Waals surface area contributed by atoms with E-state index in [9.17, 15) is 0 Å². The Labute approximate surface area is 87.7 Å². The van der Waals surface area contributed by atoms with Crippen LogP contribution in [-0.4, -0.2) is 28.3 Å². The maximum atomic E-state index is 5.98. The fourth-order valence-corrected chi connectivity index (χ4v) is 1.37. The third-order valence-electron chi connectivity index (χ3n) is 2.03. The van der Waals surface area contributed by atoms with Gasteiger partial charge in [-0.15, -0.1) is 0 Å². The highest BCUT2D eigenvalue weighted by molar-refractivity contribution is 6.22. The Kier molecular flexibility index (Phi) is 2.50. The quantitative estimate of drug-likeness (QED) is 0.520. The van der Waals surface area contributed by atoms with Crippen molar-refractivity contribution in [2.45, 2.75) is 5.62 Å². The van der Waals surface area contributed by atoms with Gasteiger partial charge in [0.2, 0.25) is 0 Å². The van der Waals surface area contributed by atoms with E-state index in [4.69, 9.17) is 11.6 Å². The number of rotatable bonds is 1. The van der Waals surface area contributed by atoms with Gasteiger partial charge >= 0.3 is 0 Å². The zero-order valence-corrected chi connectivity index (χ0v) is 8.52. The van der Waals surface area contributed by atoms with E-state index >= 15 is 0 Å². The molecule has 0 bridgehead atoms. The molecule has 2 rings (SSSR count). The molecule has 0 aromatic carbocycles. The molecular formula is C10H10ClN3. The van der Waals surface area contributed by atoms with Crippen LogP contribution in [0.25, 0.3) is 0 Å². The summed E-state index contributed by atoms with van der Waals surface area (Å²) in [5, 5.41) is 0. The summed E-state index contributed by atoms with van der Waals surface area (Å²) in [6, 6.07) is 3.83. The normalized spacial score (nSPS) is 20.9. The molecule has 0 saturated heterocycles. The van der Waals surface area contributed by atoms with Crippen molar-refractivity contribution in [3.05, 3.63) is 42.4 Å². The van der Waals surface area contributed by atoms with E-state index in [-0.39, 0.29) is 5.62 Å². The molecule has 1 aliphatic rings. The monoisotopic (exact) mass is 207 g/mol. The fraction of sp³-hybridized carbons (Fsp3) is 0.200. The van der Waals surface area contributed by atoms with Crippen molar-refractivity contribution in [3.63, 3.8) is 0 Å². The minimum atomic E-state index is -0.317. The second-order valence-corrected chi connectivity index (χ2v) is 3.43. The van der Waals surface area contributed by atoms with Crippen LogP contribution in [0.15, 0.2) is 41.8 Å². The van der Waals surface area contributed by atoms with Crippen LogP contribution in [0.1, 0.15) is 5.56 Å². The van der Waals surface area contributed by atoms with Gasteiger partial charge in [-0.2, -0.15) is 0 Å². The molecule has 1 aromatic rings. The standard InChI is InChI=1S/C10H10ClN3/c1-14-7-4-9(13-10(14)11)8-2-5-12-6-3-8/h2-7,10H,1H3. The first kappa shape index (κ1) is 9.21. The summed E-state index contributed by atoms with van der Waals surface area (Å²) in [6.07, 6.45) is 7.34. The Morgan fingerprint density at radius 3 is 2.71 bits per heavy atom. The highest BCUT2D eigenvalue weighted by atomic mass is 35.5. The SMILES string of the molecule is CN1C=CC(c2ccncc2)=NC1Cl. The van der Waals surface area contributed by atoms with Crippen molar-refractivity contribution in [3.8, 4) is 0 Å². The highest BCUT2D eigenvalue weighted by Gasteiger charge is 2.12. The molecule has 0 amide bonds. The van der Waals surface area contributed by atoms with E-state index in [0.717, 1.165) is 11.3 Å². The summed E-state index contributed by atoms with van der Waals surface area (Å²) in [5.41, 5.74) is 1.61. The Bertz CT molecular complexity index is 372. The van der Waals surface area contributed by atoms with E-state index < -0.39 is 0 Å². The van der Waals surface area contributed by atoms with Crippen LogP contribution < -0.4 is 0 Å². The average molecular weight is 208 g/mol. The van der Waals surface area contributed by atoms with Gasteiger partial charge in [-0.3, -0.25) is 4.98 Å². The van der Waals surface area contributed by atoms with Crippen LogP contribution in [0, 0.1) is 0 Å². The molecule has 1 unspecified atom stereocenters. The molecule has 14 heavy (non-hydrogen) atoms. The number of hydrogen-bond acceptors (Lipinski definition) is 3. The molecule has 0 aliphatic carbocycles. The number of allylic oxidation sites excluding steroid dienone is 1. The maximum Gasteiger partial charge on any atom is 0.197 e. The zero-order chi connectivity index (χ0) is 9.97. The van der Waals surface area contributed by atoms with E-state index in [1.807, 2.05) is 36.4 Å². The number of aliphatic imine (C=N–C) groups is 1. The summed E-state index contributed by atoms with van der Waals surface area (Å²) < 4.78 is 0. The lowest BCUT2D eigenvalue weighted by molar-refractivity contribution is 0.427. The van der Waals surface area contributed by atoms with Crippen molar-refractivity contribution < 1.29 is 0 Å². The summed E-state index contributed by atoms with van der Waals surface area (Å²) in [5.74, 6) is 0. The van der Waals surface area contributed by atoms with Gasteiger partial charge in [0.1, 0.15) is 0 Å². The molecule has 4 heteroatoms. The van der Waals surface area contributed by atoms with Crippen LogP contribution in [0.2, 0.25) is 0 Å². The van der Waals surface area contributed by atoms with E-state index in [1.165, 1.54) is 0 Å². The molecule has 0 radical (unpaired) electrons. The summed E-state index contributed by atoms with van der Waals surface area (Å²) >= 11 is 5.98. The van der Waals surface area contributed by atoms with Gasteiger partial charge in [0.05, 0.1) is 5.71 Å². The Balaban J connectivity index is 2.30. The van der Waals surface area contributed by atoms with Gasteiger partial charge in [0.15, 0.2) is 5.62 Å². The zero-order valence-electron chi connectivity index (χ0n) is 7.76. The van der Waals surface area contributed by atoms with Gasteiger partial charge in [0, 0.05) is 31.2 Å². The molecule has 0 N–H and O–H groups in total. The lowest BCUT2D eigenvalue weighted by atomic mass is 10.1. The minimum Gasteiger partial charge on any atom is -0.347 e. The molecule has 1 atom stereocenters. The molecule has 0 fully saturated rings. The van der Waals surface area contributed by atoms with Crippen molar-refractivity contribution in [1.82, 2.24) is 9.88 Å².